The average Bonchev–Trinajstić information content (AvgIpc) is 2.29. The van der Waals surface area contributed by atoms with Gasteiger partial charge in [0.25, 0.3) is 5.69 Å². The largest absolute Gasteiger partial charge is 0.356 e. The van der Waals surface area contributed by atoms with Crippen molar-refractivity contribution in [2.45, 2.75) is 13.3 Å². The molecular formula is C12H13ClN2O3. The van der Waals surface area contributed by atoms with Crippen LogP contribution in [0.2, 0.25) is 5.02 Å². The molecule has 0 bridgehead atoms. The Bertz CT molecular complexity index is 486. The van der Waals surface area contributed by atoms with Gasteiger partial charge in [0.1, 0.15) is 0 Å². The van der Waals surface area contributed by atoms with Crippen LogP contribution in [-0.2, 0) is 4.79 Å². The summed E-state index contributed by atoms with van der Waals surface area (Å²) in [7, 11) is 0. The summed E-state index contributed by atoms with van der Waals surface area (Å²) < 4.78 is 0. The minimum atomic E-state index is -0.490. The van der Waals surface area contributed by atoms with E-state index in [1.807, 2.05) is 6.08 Å². The number of nitrogens with zero attached hydrogens (tertiary/aromatic N) is 1. The molecular weight excluding hydrogens is 256 g/mol. The summed E-state index contributed by atoms with van der Waals surface area (Å²) in [6.07, 6.45) is 4.30. The molecule has 0 aliphatic rings. The van der Waals surface area contributed by atoms with Crippen LogP contribution in [-0.4, -0.2) is 17.4 Å². The highest BCUT2D eigenvalue weighted by atomic mass is 35.5. The van der Waals surface area contributed by atoms with E-state index in [1.54, 1.807) is 12.1 Å². The molecule has 0 aromatic heterocycles. The van der Waals surface area contributed by atoms with E-state index >= 15 is 0 Å². The first-order valence-corrected chi connectivity index (χ1v) is 5.73. The van der Waals surface area contributed by atoms with Gasteiger partial charge >= 0.3 is 0 Å². The standard InChI is InChI=1S/C12H13ClN2O3/c1-9(16)14-7-3-2-4-10-5-6-11(15(17)18)8-12(10)13/h2,4-6,8H,3,7H2,1H3,(H,14,16). The fourth-order valence-corrected chi connectivity index (χ4v) is 1.54. The zero-order valence-corrected chi connectivity index (χ0v) is 10.6. The maximum Gasteiger partial charge on any atom is 0.270 e. The van der Waals surface area contributed by atoms with Gasteiger partial charge in [0.15, 0.2) is 0 Å². The Labute approximate surface area is 110 Å². The molecule has 0 atom stereocenters. The molecule has 1 N–H and O–H groups in total. The van der Waals surface area contributed by atoms with Crippen LogP contribution in [0, 0.1) is 10.1 Å². The van der Waals surface area contributed by atoms with Crippen molar-refractivity contribution in [3.05, 3.63) is 45.0 Å². The van der Waals surface area contributed by atoms with Crippen molar-refractivity contribution in [1.29, 1.82) is 0 Å². The van der Waals surface area contributed by atoms with Crippen LogP contribution in [0.3, 0.4) is 0 Å². The number of nitro benzene ring substituents is 1. The number of nitrogens with one attached hydrogen (secondary N) is 1. The van der Waals surface area contributed by atoms with Crippen LogP contribution in [0.1, 0.15) is 18.9 Å². The molecule has 1 amide bonds. The molecule has 1 rings (SSSR count). The summed E-state index contributed by atoms with van der Waals surface area (Å²) in [5.41, 5.74) is 0.681. The van der Waals surface area contributed by atoms with Gasteiger partial charge in [0, 0.05) is 25.6 Å². The van der Waals surface area contributed by atoms with E-state index in [2.05, 4.69) is 5.32 Å². The molecule has 96 valence electrons. The van der Waals surface area contributed by atoms with Crippen LogP contribution < -0.4 is 5.32 Å². The van der Waals surface area contributed by atoms with Gasteiger partial charge < -0.3 is 5.32 Å². The van der Waals surface area contributed by atoms with Crippen molar-refractivity contribution >= 4 is 29.3 Å². The molecule has 0 unspecified atom stereocenters. The van der Waals surface area contributed by atoms with Gasteiger partial charge in [0.2, 0.25) is 5.91 Å². The highest BCUT2D eigenvalue weighted by molar-refractivity contribution is 6.32. The van der Waals surface area contributed by atoms with Crippen LogP contribution in [0.5, 0.6) is 0 Å². The first kappa shape index (κ1) is 14.2. The minimum Gasteiger partial charge on any atom is -0.356 e. The van der Waals surface area contributed by atoms with E-state index in [0.29, 0.717) is 23.6 Å². The molecule has 0 aliphatic carbocycles. The normalized spacial score (nSPS) is 10.6. The smallest absolute Gasteiger partial charge is 0.270 e. The summed E-state index contributed by atoms with van der Waals surface area (Å²) in [5.74, 6) is -0.0724. The number of carbonyl (C=O) groups excluding carboxylic acids is 1. The molecule has 1 aromatic carbocycles. The predicted molar refractivity (Wildman–Crippen MR) is 70.4 cm³/mol. The summed E-state index contributed by atoms with van der Waals surface area (Å²) >= 11 is 5.91. The van der Waals surface area contributed by atoms with Gasteiger partial charge in [-0.15, -0.1) is 0 Å². The number of amides is 1. The Balaban J connectivity index is 2.59. The fraction of sp³-hybridized carbons (Fsp3) is 0.250. The number of nitro groups is 1. The lowest BCUT2D eigenvalue weighted by molar-refractivity contribution is -0.384. The number of benzene rings is 1. The molecule has 0 saturated carbocycles. The molecule has 0 saturated heterocycles. The molecule has 0 fully saturated rings. The minimum absolute atomic E-state index is 0.0320. The van der Waals surface area contributed by atoms with E-state index in [1.165, 1.54) is 19.1 Å². The Morgan fingerprint density at radius 3 is 2.83 bits per heavy atom. The lowest BCUT2D eigenvalue weighted by Crippen LogP contribution is -2.20. The third-order valence-electron chi connectivity index (χ3n) is 2.18. The van der Waals surface area contributed by atoms with E-state index in [0.717, 1.165) is 0 Å². The molecule has 0 aliphatic heterocycles. The third kappa shape index (κ3) is 4.55. The predicted octanol–water partition coefficient (Wildman–Crippen LogP) is 2.79. The van der Waals surface area contributed by atoms with Crippen molar-refractivity contribution in [3.63, 3.8) is 0 Å². The van der Waals surface area contributed by atoms with Crippen LogP contribution in [0.4, 0.5) is 5.69 Å². The second kappa shape index (κ2) is 6.76. The second-order valence-corrected chi connectivity index (χ2v) is 4.04. The summed E-state index contributed by atoms with van der Waals surface area (Å²) in [6, 6.07) is 4.31. The highest BCUT2D eigenvalue weighted by Gasteiger charge is 2.07. The zero-order chi connectivity index (χ0) is 13.5. The van der Waals surface area contributed by atoms with E-state index in [-0.39, 0.29) is 11.6 Å². The first-order chi connectivity index (χ1) is 8.50. The molecule has 1 aromatic rings. The highest BCUT2D eigenvalue weighted by Crippen LogP contribution is 2.23. The van der Waals surface area contributed by atoms with Crippen LogP contribution >= 0.6 is 11.6 Å². The lowest BCUT2D eigenvalue weighted by atomic mass is 10.2. The van der Waals surface area contributed by atoms with Crippen molar-refractivity contribution in [3.8, 4) is 0 Å². The number of rotatable bonds is 5. The monoisotopic (exact) mass is 268 g/mol. The summed E-state index contributed by atoms with van der Waals surface area (Å²) in [6.45, 7) is 2.01. The fourth-order valence-electron chi connectivity index (χ4n) is 1.31. The van der Waals surface area contributed by atoms with Crippen LogP contribution in [0.15, 0.2) is 24.3 Å². The quantitative estimate of drug-likeness (QED) is 0.507. The topological polar surface area (TPSA) is 72.2 Å². The van der Waals surface area contributed by atoms with Crippen molar-refractivity contribution in [2.24, 2.45) is 0 Å². The van der Waals surface area contributed by atoms with Gasteiger partial charge in [0.05, 0.1) is 9.95 Å². The molecule has 6 heteroatoms. The average molecular weight is 269 g/mol. The SMILES string of the molecule is CC(=O)NCCC=Cc1ccc([N+](=O)[O-])cc1Cl. The number of hydrogen-bond acceptors (Lipinski definition) is 3. The first-order valence-electron chi connectivity index (χ1n) is 5.35. The third-order valence-corrected chi connectivity index (χ3v) is 2.50. The summed E-state index contributed by atoms with van der Waals surface area (Å²) in [5, 5.41) is 13.5. The number of hydrogen-bond donors (Lipinski definition) is 1. The maximum atomic E-state index is 10.6. The van der Waals surface area contributed by atoms with Crippen molar-refractivity contribution in [2.75, 3.05) is 6.54 Å². The molecule has 18 heavy (non-hydrogen) atoms. The van der Waals surface area contributed by atoms with Gasteiger partial charge in [-0.1, -0.05) is 23.8 Å². The van der Waals surface area contributed by atoms with Crippen molar-refractivity contribution in [1.82, 2.24) is 5.32 Å². The molecule has 5 nitrogen and oxygen atoms in total. The van der Waals surface area contributed by atoms with Crippen molar-refractivity contribution < 1.29 is 9.72 Å². The second-order valence-electron chi connectivity index (χ2n) is 3.64. The maximum absolute atomic E-state index is 10.6. The van der Waals surface area contributed by atoms with Crippen LogP contribution in [0.25, 0.3) is 6.08 Å². The number of carbonyl (C=O) groups is 1. The number of halogens is 1. The number of non-ortho nitro benzene ring substituents is 1. The Morgan fingerprint density at radius 2 is 2.28 bits per heavy atom. The molecule has 0 spiro atoms. The van der Waals surface area contributed by atoms with Gasteiger partial charge in [-0.3, -0.25) is 14.9 Å². The Kier molecular flexibility index (Phi) is 5.32. The Hall–Kier alpha value is -1.88. The van der Waals surface area contributed by atoms with E-state index < -0.39 is 4.92 Å². The van der Waals surface area contributed by atoms with Gasteiger partial charge in [-0.05, 0) is 18.1 Å². The molecule has 0 heterocycles. The Morgan fingerprint density at radius 1 is 1.56 bits per heavy atom. The van der Waals surface area contributed by atoms with E-state index in [4.69, 9.17) is 11.6 Å². The van der Waals surface area contributed by atoms with E-state index in [9.17, 15) is 14.9 Å². The van der Waals surface area contributed by atoms with Gasteiger partial charge in [-0.2, -0.15) is 0 Å². The van der Waals surface area contributed by atoms with Gasteiger partial charge in [-0.25, -0.2) is 0 Å². The lowest BCUT2D eigenvalue weighted by Gasteiger charge is -1.99. The molecule has 0 radical (unpaired) electrons. The summed E-state index contributed by atoms with van der Waals surface area (Å²) in [4.78, 5) is 20.6. The zero-order valence-electron chi connectivity index (χ0n) is 9.85.